The van der Waals surface area contributed by atoms with Crippen LogP contribution in [0.15, 0.2) is 115 Å². The molecule has 42 heavy (non-hydrogen) atoms. The van der Waals surface area contributed by atoms with Gasteiger partial charge in [0, 0.05) is 22.9 Å². The van der Waals surface area contributed by atoms with Crippen molar-refractivity contribution in [2.24, 2.45) is 0 Å². The van der Waals surface area contributed by atoms with E-state index in [4.69, 9.17) is 4.74 Å². The lowest BCUT2D eigenvalue weighted by Gasteiger charge is -2.12. The van der Waals surface area contributed by atoms with Crippen LogP contribution >= 0.6 is 0 Å². The number of nitro groups is 1. The summed E-state index contributed by atoms with van der Waals surface area (Å²) in [4.78, 5) is 49.5. The van der Waals surface area contributed by atoms with Crippen molar-refractivity contribution in [3.8, 4) is 5.75 Å². The summed E-state index contributed by atoms with van der Waals surface area (Å²) in [7, 11) is 0. The average molecular weight is 562 g/mol. The third-order valence-corrected chi connectivity index (χ3v) is 6.01. The van der Waals surface area contributed by atoms with Crippen LogP contribution in [0, 0.1) is 10.1 Å². The molecule has 0 spiro atoms. The van der Waals surface area contributed by atoms with Crippen LogP contribution < -0.4 is 15.4 Å². The zero-order chi connectivity index (χ0) is 29.9. The van der Waals surface area contributed by atoms with Gasteiger partial charge in [-0.15, -0.1) is 0 Å². The lowest BCUT2D eigenvalue weighted by molar-refractivity contribution is -0.385. The van der Waals surface area contributed by atoms with Gasteiger partial charge in [-0.05, 0) is 85.3 Å². The normalized spacial score (nSPS) is 11.1. The molecule has 2 amide bonds. The van der Waals surface area contributed by atoms with Gasteiger partial charge in [-0.3, -0.25) is 24.5 Å². The molecule has 9 nitrogen and oxygen atoms in total. The number of nitrogens with zero attached hydrogens (tertiary/aromatic N) is 1. The van der Waals surface area contributed by atoms with Crippen molar-refractivity contribution in [3.05, 3.63) is 147 Å². The average Bonchev–Trinajstić information content (AvgIpc) is 3.01. The molecule has 0 bridgehead atoms. The first-order valence-corrected chi connectivity index (χ1v) is 13.0. The Bertz CT molecular complexity index is 1640. The second-order valence-corrected chi connectivity index (χ2v) is 8.93. The summed E-state index contributed by atoms with van der Waals surface area (Å²) in [5.41, 5.74) is 2.00. The molecule has 0 fully saturated rings. The second kappa shape index (κ2) is 14.0. The lowest BCUT2D eigenvalue weighted by Crippen LogP contribution is -2.30. The third-order valence-electron chi connectivity index (χ3n) is 6.01. The number of hydrogen-bond acceptors (Lipinski definition) is 6. The molecule has 4 rings (SSSR count). The molecule has 9 heteroatoms. The number of para-hydroxylation sites is 1. The smallest absolute Gasteiger partial charge is 0.276 e. The van der Waals surface area contributed by atoms with Crippen molar-refractivity contribution in [1.82, 2.24) is 5.32 Å². The standard InChI is InChI=1S/C33H27N3O6/c1-2-42-28-19-12-23(13-20-28)22-29(35-32(38)26-9-4-3-5-10-26)33(39)34-27-17-14-25(15-18-27)31(37)21-16-24-8-6-7-11-30(24)36(40)41/h3-22H,2H2,1H3,(H,34,39)(H,35,38)/b21-16+,29-22-. The van der Waals surface area contributed by atoms with E-state index in [0.29, 0.717) is 40.3 Å². The Morgan fingerprint density at radius 1 is 0.833 bits per heavy atom. The number of hydrogen-bond donors (Lipinski definition) is 2. The Hall–Kier alpha value is -5.83. The van der Waals surface area contributed by atoms with Crippen molar-refractivity contribution in [2.45, 2.75) is 6.92 Å². The third kappa shape index (κ3) is 7.86. The molecule has 0 atom stereocenters. The van der Waals surface area contributed by atoms with Crippen molar-refractivity contribution in [3.63, 3.8) is 0 Å². The van der Waals surface area contributed by atoms with Crippen molar-refractivity contribution >= 4 is 41.1 Å². The molecular weight excluding hydrogens is 534 g/mol. The van der Waals surface area contributed by atoms with Crippen LogP contribution in [0.3, 0.4) is 0 Å². The van der Waals surface area contributed by atoms with Gasteiger partial charge >= 0.3 is 0 Å². The maximum atomic E-state index is 13.3. The Kier molecular flexibility index (Phi) is 9.72. The highest BCUT2D eigenvalue weighted by Crippen LogP contribution is 2.20. The molecule has 0 aliphatic heterocycles. The van der Waals surface area contributed by atoms with E-state index in [-0.39, 0.29) is 17.2 Å². The Balaban J connectivity index is 1.50. The van der Waals surface area contributed by atoms with E-state index in [1.165, 1.54) is 30.4 Å². The number of allylic oxidation sites excluding steroid dienone is 1. The van der Waals surface area contributed by atoms with Gasteiger partial charge in [-0.2, -0.15) is 0 Å². The van der Waals surface area contributed by atoms with Gasteiger partial charge in [0.1, 0.15) is 11.4 Å². The minimum atomic E-state index is -0.566. The van der Waals surface area contributed by atoms with Gasteiger partial charge in [0.05, 0.1) is 17.1 Å². The van der Waals surface area contributed by atoms with E-state index < -0.39 is 16.7 Å². The lowest BCUT2D eigenvalue weighted by atomic mass is 10.1. The molecule has 4 aromatic carbocycles. The molecular formula is C33H27N3O6. The first-order valence-electron chi connectivity index (χ1n) is 13.0. The predicted octanol–water partition coefficient (Wildman–Crippen LogP) is 6.30. The van der Waals surface area contributed by atoms with Crippen molar-refractivity contribution in [2.75, 3.05) is 11.9 Å². The summed E-state index contributed by atoms with van der Waals surface area (Å²) in [6.07, 6.45) is 4.20. The van der Waals surface area contributed by atoms with Crippen LogP contribution in [0.5, 0.6) is 5.75 Å². The minimum absolute atomic E-state index is 0.0144. The highest BCUT2D eigenvalue weighted by molar-refractivity contribution is 6.11. The van der Waals surface area contributed by atoms with E-state index in [1.54, 1.807) is 91.0 Å². The molecule has 0 saturated carbocycles. The monoisotopic (exact) mass is 561 g/mol. The molecule has 4 aromatic rings. The molecule has 0 aliphatic rings. The number of carbonyl (C=O) groups is 3. The minimum Gasteiger partial charge on any atom is -0.494 e. The van der Waals surface area contributed by atoms with E-state index in [9.17, 15) is 24.5 Å². The van der Waals surface area contributed by atoms with Gasteiger partial charge in [0.25, 0.3) is 17.5 Å². The number of carbonyl (C=O) groups excluding carboxylic acids is 3. The van der Waals surface area contributed by atoms with Gasteiger partial charge in [0.15, 0.2) is 5.78 Å². The number of benzene rings is 4. The topological polar surface area (TPSA) is 128 Å². The summed E-state index contributed by atoms with van der Waals surface area (Å²) < 4.78 is 5.47. The maximum absolute atomic E-state index is 13.3. The Morgan fingerprint density at radius 3 is 2.17 bits per heavy atom. The number of anilines is 1. The Morgan fingerprint density at radius 2 is 1.50 bits per heavy atom. The highest BCUT2D eigenvalue weighted by atomic mass is 16.6. The summed E-state index contributed by atoms with van der Waals surface area (Å²) in [5, 5.41) is 16.6. The fraction of sp³-hybridized carbons (Fsp3) is 0.0606. The molecule has 0 unspecified atom stereocenters. The van der Waals surface area contributed by atoms with E-state index in [0.717, 1.165) is 0 Å². The molecule has 0 saturated heterocycles. The molecule has 0 aliphatic carbocycles. The van der Waals surface area contributed by atoms with Crippen LogP contribution in [0.4, 0.5) is 11.4 Å². The highest BCUT2D eigenvalue weighted by Gasteiger charge is 2.16. The van der Waals surface area contributed by atoms with Crippen LogP contribution in [-0.2, 0) is 4.79 Å². The zero-order valence-electron chi connectivity index (χ0n) is 22.7. The van der Waals surface area contributed by atoms with Crippen LogP contribution in [0.1, 0.15) is 38.8 Å². The Labute approximate surface area is 242 Å². The number of rotatable bonds is 11. The predicted molar refractivity (Wildman–Crippen MR) is 161 cm³/mol. The summed E-state index contributed by atoms with van der Waals surface area (Å²) in [6, 6.07) is 27.9. The SMILES string of the molecule is CCOc1ccc(/C=C(\NC(=O)c2ccccc2)C(=O)Nc2ccc(C(=O)/C=C/c3ccccc3[N+](=O)[O-])cc2)cc1. The summed E-state index contributed by atoms with van der Waals surface area (Å²) in [6.45, 7) is 2.40. The van der Waals surface area contributed by atoms with Gasteiger partial charge in [-0.1, -0.05) is 42.5 Å². The number of nitrogens with one attached hydrogen (secondary N) is 2. The zero-order valence-corrected chi connectivity index (χ0v) is 22.7. The van der Waals surface area contributed by atoms with Gasteiger partial charge in [-0.25, -0.2) is 0 Å². The molecule has 0 aromatic heterocycles. The first-order chi connectivity index (χ1) is 20.3. The fourth-order valence-corrected chi connectivity index (χ4v) is 3.91. The molecule has 0 radical (unpaired) electrons. The van der Waals surface area contributed by atoms with E-state index in [1.807, 2.05) is 6.92 Å². The summed E-state index contributed by atoms with van der Waals surface area (Å²) >= 11 is 0. The largest absolute Gasteiger partial charge is 0.494 e. The van der Waals surface area contributed by atoms with Crippen LogP contribution in [0.25, 0.3) is 12.2 Å². The quantitative estimate of drug-likeness (QED) is 0.0958. The molecule has 2 N–H and O–H groups in total. The first kappa shape index (κ1) is 29.2. The van der Waals surface area contributed by atoms with Gasteiger partial charge < -0.3 is 15.4 Å². The van der Waals surface area contributed by atoms with E-state index >= 15 is 0 Å². The molecule has 210 valence electrons. The van der Waals surface area contributed by atoms with Crippen LogP contribution in [0.2, 0.25) is 0 Å². The van der Waals surface area contributed by atoms with E-state index in [2.05, 4.69) is 10.6 Å². The second-order valence-electron chi connectivity index (χ2n) is 8.93. The van der Waals surface area contributed by atoms with Gasteiger partial charge in [0.2, 0.25) is 0 Å². The number of nitro benzene ring substituents is 1. The number of amides is 2. The number of ketones is 1. The maximum Gasteiger partial charge on any atom is 0.276 e. The fourth-order valence-electron chi connectivity index (χ4n) is 3.91. The number of ether oxygens (including phenoxy) is 1. The van der Waals surface area contributed by atoms with Crippen LogP contribution in [-0.4, -0.2) is 29.1 Å². The van der Waals surface area contributed by atoms with Crippen molar-refractivity contribution < 1.29 is 24.0 Å². The van der Waals surface area contributed by atoms with Crippen molar-refractivity contribution in [1.29, 1.82) is 0 Å². The molecule has 0 heterocycles. The summed E-state index contributed by atoms with van der Waals surface area (Å²) in [5.74, 6) is -0.699.